The molecule has 0 bridgehead atoms. The van der Waals surface area contributed by atoms with Crippen LogP contribution in [0.4, 0.5) is 16.2 Å². The second kappa shape index (κ2) is 6.18. The third-order valence-corrected chi connectivity index (χ3v) is 3.56. The number of hydrogen-bond acceptors (Lipinski definition) is 3. The zero-order valence-electron chi connectivity index (χ0n) is 12.3. The highest BCUT2D eigenvalue weighted by Crippen LogP contribution is 2.19. The summed E-state index contributed by atoms with van der Waals surface area (Å²) in [5.74, 6) is -0.414. The van der Waals surface area contributed by atoms with E-state index in [2.05, 4.69) is 10.6 Å². The number of anilines is 2. The molecule has 0 aliphatic rings. The van der Waals surface area contributed by atoms with Gasteiger partial charge in [-0.1, -0.05) is 17.7 Å². The fraction of sp³-hybridized carbons (Fsp3) is 0.125. The lowest BCUT2D eigenvalue weighted by molar-refractivity contribution is 0.262. The second-order valence-electron chi connectivity index (χ2n) is 4.88. The summed E-state index contributed by atoms with van der Waals surface area (Å²) in [5.41, 5.74) is 2.23. The minimum absolute atomic E-state index is 0.413. The molecule has 2 amide bonds. The number of benzene rings is 2. The van der Waals surface area contributed by atoms with Gasteiger partial charge in [-0.2, -0.15) is 0 Å². The first kappa shape index (κ1) is 15.2. The Labute approximate surface area is 136 Å². The topological polar surface area (TPSA) is 76.3 Å². The summed E-state index contributed by atoms with van der Waals surface area (Å²) >= 11 is 5.87. The minimum atomic E-state index is -0.414. The Morgan fingerprint density at radius 1 is 1.17 bits per heavy atom. The molecule has 7 heteroatoms. The van der Waals surface area contributed by atoms with E-state index in [1.54, 1.807) is 42.5 Å². The van der Waals surface area contributed by atoms with E-state index < -0.39 is 11.8 Å². The van der Waals surface area contributed by atoms with Crippen molar-refractivity contribution in [3.8, 4) is 0 Å². The Kier molecular flexibility index (Phi) is 4.08. The second-order valence-corrected chi connectivity index (χ2v) is 5.32. The van der Waals surface area contributed by atoms with E-state index in [-0.39, 0.29) is 0 Å². The van der Waals surface area contributed by atoms with Gasteiger partial charge in [0.2, 0.25) is 0 Å². The number of oxazole rings is 1. The first-order valence-electron chi connectivity index (χ1n) is 7.04. The number of carbonyl (C=O) groups excluding carboxylic acids is 1. The molecule has 1 aromatic heterocycles. The molecule has 23 heavy (non-hydrogen) atoms. The molecule has 0 saturated heterocycles. The van der Waals surface area contributed by atoms with Crippen LogP contribution in [0.1, 0.15) is 6.92 Å². The van der Waals surface area contributed by atoms with Gasteiger partial charge in [-0.25, -0.2) is 9.59 Å². The lowest BCUT2D eigenvalue weighted by Crippen LogP contribution is -2.19. The van der Waals surface area contributed by atoms with Crippen molar-refractivity contribution >= 4 is 40.1 Å². The molecule has 0 aliphatic carbocycles. The molecule has 1 heterocycles. The van der Waals surface area contributed by atoms with E-state index in [0.29, 0.717) is 34.0 Å². The van der Waals surface area contributed by atoms with Crippen molar-refractivity contribution in [1.82, 2.24) is 4.57 Å². The largest absolute Gasteiger partial charge is 0.419 e. The van der Waals surface area contributed by atoms with Gasteiger partial charge in [-0.3, -0.25) is 4.57 Å². The number of urea groups is 1. The standard InChI is InChI=1S/C16H14ClN3O3/c1-2-20-13-7-6-12(9-14(13)23-16(20)22)19-15(21)18-11-5-3-4-10(17)8-11/h3-9H,2H2,1H3,(H2,18,19,21). The molecule has 118 valence electrons. The van der Waals surface area contributed by atoms with Crippen molar-refractivity contribution in [3.05, 3.63) is 58.0 Å². The Balaban J connectivity index is 1.78. The number of fused-ring (bicyclic) bond motifs is 1. The number of hydrogen-bond donors (Lipinski definition) is 2. The number of aromatic nitrogens is 1. The maximum Gasteiger partial charge on any atom is 0.419 e. The number of nitrogens with one attached hydrogen (secondary N) is 2. The normalized spacial score (nSPS) is 10.7. The third-order valence-electron chi connectivity index (χ3n) is 3.32. The smallest absolute Gasteiger partial charge is 0.408 e. The van der Waals surface area contributed by atoms with E-state index in [9.17, 15) is 9.59 Å². The number of aryl methyl sites for hydroxylation is 1. The van der Waals surface area contributed by atoms with Gasteiger partial charge in [0, 0.05) is 29.0 Å². The van der Waals surface area contributed by atoms with Crippen LogP contribution in [-0.4, -0.2) is 10.6 Å². The Hall–Kier alpha value is -2.73. The third kappa shape index (κ3) is 3.22. The van der Waals surface area contributed by atoms with Crippen LogP contribution >= 0.6 is 11.6 Å². The molecule has 0 spiro atoms. The summed E-state index contributed by atoms with van der Waals surface area (Å²) in [5, 5.41) is 5.89. The average molecular weight is 332 g/mol. The number of amides is 2. The summed E-state index contributed by atoms with van der Waals surface area (Å²) in [6, 6.07) is 11.5. The number of halogens is 1. The lowest BCUT2D eigenvalue weighted by atomic mass is 10.3. The van der Waals surface area contributed by atoms with Gasteiger partial charge in [-0.05, 0) is 37.3 Å². The van der Waals surface area contributed by atoms with E-state index in [1.807, 2.05) is 6.92 Å². The van der Waals surface area contributed by atoms with Gasteiger partial charge >= 0.3 is 11.8 Å². The summed E-state index contributed by atoms with van der Waals surface area (Å²) in [4.78, 5) is 23.7. The van der Waals surface area contributed by atoms with E-state index in [4.69, 9.17) is 16.0 Å². The van der Waals surface area contributed by atoms with Gasteiger partial charge < -0.3 is 15.1 Å². The number of nitrogens with zero attached hydrogens (tertiary/aromatic N) is 1. The van der Waals surface area contributed by atoms with Crippen molar-refractivity contribution in [2.75, 3.05) is 10.6 Å². The fourth-order valence-corrected chi connectivity index (χ4v) is 2.49. The van der Waals surface area contributed by atoms with Gasteiger partial charge in [0.05, 0.1) is 5.52 Å². The van der Waals surface area contributed by atoms with Crippen LogP contribution < -0.4 is 16.4 Å². The predicted molar refractivity (Wildman–Crippen MR) is 90.2 cm³/mol. The highest BCUT2D eigenvalue weighted by atomic mass is 35.5. The van der Waals surface area contributed by atoms with Crippen molar-refractivity contribution in [1.29, 1.82) is 0 Å². The quantitative estimate of drug-likeness (QED) is 0.764. The molecule has 3 aromatic rings. The highest BCUT2D eigenvalue weighted by molar-refractivity contribution is 6.30. The van der Waals surface area contributed by atoms with E-state index in [1.165, 1.54) is 4.57 Å². The molecule has 2 aromatic carbocycles. The highest BCUT2D eigenvalue weighted by Gasteiger charge is 2.09. The van der Waals surface area contributed by atoms with E-state index in [0.717, 1.165) is 0 Å². The Morgan fingerprint density at radius 3 is 2.61 bits per heavy atom. The molecular weight excluding hydrogens is 318 g/mol. The Morgan fingerprint density at radius 2 is 1.91 bits per heavy atom. The van der Waals surface area contributed by atoms with Crippen LogP contribution in [0, 0.1) is 0 Å². The lowest BCUT2D eigenvalue weighted by Gasteiger charge is -2.08. The molecule has 0 saturated carbocycles. The summed E-state index contributed by atoms with van der Waals surface area (Å²) in [6.45, 7) is 2.38. The van der Waals surface area contributed by atoms with Gasteiger partial charge in [0.1, 0.15) is 0 Å². The predicted octanol–water partition coefficient (Wildman–Crippen LogP) is 3.91. The molecular formula is C16H14ClN3O3. The molecule has 0 atom stereocenters. The van der Waals surface area contributed by atoms with Crippen LogP contribution in [-0.2, 0) is 6.54 Å². The molecule has 0 unspecified atom stereocenters. The fourth-order valence-electron chi connectivity index (χ4n) is 2.30. The molecule has 0 aliphatic heterocycles. The van der Waals surface area contributed by atoms with Crippen molar-refractivity contribution in [2.24, 2.45) is 0 Å². The zero-order chi connectivity index (χ0) is 16.4. The van der Waals surface area contributed by atoms with Gasteiger partial charge in [-0.15, -0.1) is 0 Å². The molecule has 3 rings (SSSR count). The molecule has 0 fully saturated rings. The van der Waals surface area contributed by atoms with Gasteiger partial charge in [0.25, 0.3) is 0 Å². The van der Waals surface area contributed by atoms with Crippen molar-refractivity contribution in [2.45, 2.75) is 13.5 Å². The van der Waals surface area contributed by atoms with E-state index >= 15 is 0 Å². The SMILES string of the molecule is CCn1c(=O)oc2cc(NC(=O)Nc3cccc(Cl)c3)ccc21. The summed E-state index contributed by atoms with van der Waals surface area (Å²) in [7, 11) is 0. The minimum Gasteiger partial charge on any atom is -0.408 e. The van der Waals surface area contributed by atoms with Crippen molar-refractivity contribution < 1.29 is 9.21 Å². The summed E-state index contributed by atoms with van der Waals surface area (Å²) < 4.78 is 6.68. The maximum absolute atomic E-state index is 12.0. The monoisotopic (exact) mass is 331 g/mol. The Bertz CT molecular complexity index is 930. The zero-order valence-corrected chi connectivity index (χ0v) is 13.1. The number of rotatable bonds is 3. The average Bonchev–Trinajstić information content (AvgIpc) is 2.81. The maximum atomic E-state index is 12.0. The molecule has 6 nitrogen and oxygen atoms in total. The van der Waals surface area contributed by atoms with Crippen LogP contribution in [0.15, 0.2) is 51.7 Å². The summed E-state index contributed by atoms with van der Waals surface area (Å²) in [6.07, 6.45) is 0. The first-order valence-corrected chi connectivity index (χ1v) is 7.41. The number of carbonyl (C=O) groups is 1. The molecule has 2 N–H and O–H groups in total. The van der Waals surface area contributed by atoms with Crippen LogP contribution in [0.3, 0.4) is 0 Å². The molecule has 0 radical (unpaired) electrons. The van der Waals surface area contributed by atoms with Gasteiger partial charge in [0.15, 0.2) is 5.58 Å². The van der Waals surface area contributed by atoms with Crippen LogP contribution in [0.25, 0.3) is 11.1 Å². The van der Waals surface area contributed by atoms with Crippen molar-refractivity contribution in [3.63, 3.8) is 0 Å². The van der Waals surface area contributed by atoms with Crippen LogP contribution in [0.2, 0.25) is 5.02 Å². The first-order chi connectivity index (χ1) is 11.1. The van der Waals surface area contributed by atoms with Crippen LogP contribution in [0.5, 0.6) is 0 Å².